The van der Waals surface area contributed by atoms with E-state index in [1.165, 1.54) is 0 Å². The highest BCUT2D eigenvalue weighted by molar-refractivity contribution is 7.39. The van der Waals surface area contributed by atoms with Crippen molar-refractivity contribution in [3.8, 4) is 0 Å². The first-order chi connectivity index (χ1) is 5.56. The molecule has 0 radical (unpaired) electrons. The molecule has 0 spiro atoms. The largest absolute Gasteiger partial charge is 0.432 e. The van der Waals surface area contributed by atoms with E-state index in [0.29, 0.717) is 11.7 Å². The first-order valence-electron chi connectivity index (χ1n) is 4.07. The number of hydrogen-bond donors (Lipinski definition) is 2. The second-order valence-corrected chi connectivity index (χ2v) is 3.72. The zero-order chi connectivity index (χ0) is 9.56. The Balaban J connectivity index is 3.70. The minimum atomic E-state index is -2.24. The van der Waals surface area contributed by atoms with Crippen LogP contribution in [0.25, 0.3) is 0 Å². The van der Waals surface area contributed by atoms with E-state index in [2.05, 4.69) is 13.8 Å². The average molecular weight is 192 g/mol. The van der Waals surface area contributed by atoms with E-state index in [4.69, 9.17) is 14.3 Å². The van der Waals surface area contributed by atoms with E-state index in [9.17, 15) is 0 Å². The summed E-state index contributed by atoms with van der Waals surface area (Å²) in [7, 11) is -2.24. The van der Waals surface area contributed by atoms with Crippen LogP contribution in [-0.4, -0.2) is 9.79 Å². The fourth-order valence-corrected chi connectivity index (χ4v) is 1.18. The van der Waals surface area contributed by atoms with Gasteiger partial charge in [0.25, 0.3) is 0 Å². The SMILES string of the molecule is CC=C(CCC(C)C)OP(O)O. The van der Waals surface area contributed by atoms with Gasteiger partial charge in [-0.3, -0.25) is 0 Å². The van der Waals surface area contributed by atoms with Crippen LogP contribution in [0.4, 0.5) is 0 Å². The Morgan fingerprint density at radius 1 is 1.50 bits per heavy atom. The molecule has 0 fully saturated rings. The van der Waals surface area contributed by atoms with E-state index in [1.54, 1.807) is 6.08 Å². The van der Waals surface area contributed by atoms with E-state index in [1.807, 2.05) is 6.92 Å². The fourth-order valence-electron chi connectivity index (χ4n) is 0.778. The molecular weight excluding hydrogens is 175 g/mol. The van der Waals surface area contributed by atoms with Gasteiger partial charge < -0.3 is 14.3 Å². The van der Waals surface area contributed by atoms with Crippen LogP contribution in [0.2, 0.25) is 0 Å². The minimum Gasteiger partial charge on any atom is -0.432 e. The molecule has 0 aliphatic rings. The van der Waals surface area contributed by atoms with Gasteiger partial charge in [-0.25, -0.2) is 0 Å². The molecule has 0 aromatic carbocycles. The summed E-state index contributed by atoms with van der Waals surface area (Å²) in [5.74, 6) is 1.27. The molecule has 0 rings (SSSR count). The van der Waals surface area contributed by atoms with Crippen LogP contribution < -0.4 is 0 Å². The Bertz CT molecular complexity index is 143. The third-order valence-electron chi connectivity index (χ3n) is 1.49. The lowest BCUT2D eigenvalue weighted by atomic mass is 10.1. The number of hydrogen-bond acceptors (Lipinski definition) is 3. The van der Waals surface area contributed by atoms with Crippen molar-refractivity contribution >= 4 is 8.60 Å². The number of allylic oxidation sites excluding steroid dienone is 2. The molecule has 0 bridgehead atoms. The second kappa shape index (κ2) is 6.41. The Kier molecular flexibility index (Phi) is 6.35. The Labute approximate surface area is 75.1 Å². The van der Waals surface area contributed by atoms with Gasteiger partial charge in [0.2, 0.25) is 0 Å². The van der Waals surface area contributed by atoms with Crippen molar-refractivity contribution in [2.75, 3.05) is 0 Å². The van der Waals surface area contributed by atoms with Crippen molar-refractivity contribution in [2.45, 2.75) is 33.6 Å². The van der Waals surface area contributed by atoms with Gasteiger partial charge in [0, 0.05) is 6.42 Å². The molecule has 0 amide bonds. The van der Waals surface area contributed by atoms with Gasteiger partial charge in [-0.05, 0) is 25.3 Å². The quantitative estimate of drug-likeness (QED) is 0.520. The normalized spacial score (nSPS) is 12.8. The van der Waals surface area contributed by atoms with Gasteiger partial charge in [-0.2, -0.15) is 0 Å². The van der Waals surface area contributed by atoms with Gasteiger partial charge in [0.05, 0.1) is 0 Å². The lowest BCUT2D eigenvalue weighted by molar-refractivity contribution is 0.303. The van der Waals surface area contributed by atoms with Gasteiger partial charge in [0.1, 0.15) is 5.76 Å². The molecule has 12 heavy (non-hydrogen) atoms. The maximum absolute atomic E-state index is 8.58. The third kappa shape index (κ3) is 6.59. The Hall–Kier alpha value is -0.110. The van der Waals surface area contributed by atoms with Gasteiger partial charge >= 0.3 is 8.60 Å². The summed E-state index contributed by atoms with van der Waals surface area (Å²) in [5, 5.41) is 0. The molecule has 0 saturated heterocycles. The molecule has 0 unspecified atom stereocenters. The summed E-state index contributed by atoms with van der Waals surface area (Å²) >= 11 is 0. The van der Waals surface area contributed by atoms with Crippen LogP contribution in [0.5, 0.6) is 0 Å². The van der Waals surface area contributed by atoms with Crippen molar-refractivity contribution in [1.29, 1.82) is 0 Å². The summed E-state index contributed by atoms with van der Waals surface area (Å²) in [5.41, 5.74) is 0. The molecule has 0 aliphatic heterocycles. The molecule has 0 aliphatic carbocycles. The van der Waals surface area contributed by atoms with Crippen LogP contribution in [0, 0.1) is 5.92 Å². The zero-order valence-electron chi connectivity index (χ0n) is 7.82. The molecule has 3 nitrogen and oxygen atoms in total. The summed E-state index contributed by atoms with van der Waals surface area (Å²) in [4.78, 5) is 17.2. The highest BCUT2D eigenvalue weighted by atomic mass is 31.2. The summed E-state index contributed by atoms with van der Waals surface area (Å²) in [6, 6.07) is 0. The first kappa shape index (κ1) is 11.9. The maximum atomic E-state index is 8.58. The van der Waals surface area contributed by atoms with E-state index in [0.717, 1.165) is 12.8 Å². The zero-order valence-corrected chi connectivity index (χ0v) is 8.71. The van der Waals surface area contributed by atoms with Crippen LogP contribution in [-0.2, 0) is 4.52 Å². The Morgan fingerprint density at radius 3 is 2.42 bits per heavy atom. The standard InChI is InChI=1S/C8H17O3P/c1-4-8(11-12(9)10)6-5-7(2)3/h4,7,9-10H,5-6H2,1-3H3. The predicted molar refractivity (Wildman–Crippen MR) is 50.3 cm³/mol. The third-order valence-corrected chi connectivity index (χ3v) is 1.89. The van der Waals surface area contributed by atoms with Gasteiger partial charge in [-0.1, -0.05) is 13.8 Å². The smallest absolute Gasteiger partial charge is 0.391 e. The van der Waals surface area contributed by atoms with Crippen molar-refractivity contribution in [1.82, 2.24) is 0 Å². The predicted octanol–water partition coefficient (Wildman–Crippen LogP) is 2.55. The molecule has 0 atom stereocenters. The molecule has 4 heteroatoms. The molecule has 0 heterocycles. The molecular formula is C8H17O3P. The van der Waals surface area contributed by atoms with E-state index in [-0.39, 0.29) is 0 Å². The molecule has 0 aromatic heterocycles. The molecule has 0 aromatic rings. The minimum absolute atomic E-state index is 0.604. The monoisotopic (exact) mass is 192 g/mol. The van der Waals surface area contributed by atoms with Crippen LogP contribution in [0.3, 0.4) is 0 Å². The van der Waals surface area contributed by atoms with Gasteiger partial charge in [-0.15, -0.1) is 0 Å². The lowest BCUT2D eigenvalue weighted by Gasteiger charge is -2.10. The topological polar surface area (TPSA) is 49.7 Å². The Morgan fingerprint density at radius 2 is 2.08 bits per heavy atom. The van der Waals surface area contributed by atoms with E-state index < -0.39 is 8.60 Å². The van der Waals surface area contributed by atoms with Crippen molar-refractivity contribution < 1.29 is 14.3 Å². The summed E-state index contributed by atoms with van der Waals surface area (Å²) < 4.78 is 4.79. The van der Waals surface area contributed by atoms with Crippen molar-refractivity contribution in [3.63, 3.8) is 0 Å². The lowest BCUT2D eigenvalue weighted by Crippen LogP contribution is -1.92. The highest BCUT2D eigenvalue weighted by Crippen LogP contribution is 2.30. The number of rotatable bonds is 5. The highest BCUT2D eigenvalue weighted by Gasteiger charge is 2.05. The average Bonchev–Trinajstić information content (AvgIpc) is 1.97. The molecule has 0 saturated carbocycles. The van der Waals surface area contributed by atoms with Crippen LogP contribution >= 0.6 is 8.60 Å². The summed E-state index contributed by atoms with van der Waals surface area (Å²) in [6.07, 6.45) is 3.54. The second-order valence-electron chi connectivity index (χ2n) is 3.03. The summed E-state index contributed by atoms with van der Waals surface area (Å²) in [6.45, 7) is 6.07. The van der Waals surface area contributed by atoms with Gasteiger partial charge in [0.15, 0.2) is 0 Å². The van der Waals surface area contributed by atoms with Crippen molar-refractivity contribution in [2.24, 2.45) is 5.92 Å². The maximum Gasteiger partial charge on any atom is 0.391 e. The first-order valence-corrected chi connectivity index (χ1v) is 5.23. The molecule has 72 valence electrons. The fraction of sp³-hybridized carbons (Fsp3) is 0.750. The van der Waals surface area contributed by atoms with Crippen molar-refractivity contribution in [3.05, 3.63) is 11.8 Å². The van der Waals surface area contributed by atoms with Crippen LogP contribution in [0.15, 0.2) is 11.8 Å². The molecule has 2 N–H and O–H groups in total. The van der Waals surface area contributed by atoms with E-state index >= 15 is 0 Å². The van der Waals surface area contributed by atoms with Crippen LogP contribution in [0.1, 0.15) is 33.6 Å².